The van der Waals surface area contributed by atoms with Crippen LogP contribution in [0.4, 0.5) is 0 Å². The van der Waals surface area contributed by atoms with Crippen molar-refractivity contribution in [2.24, 2.45) is 5.92 Å². The number of nitrogens with zero attached hydrogens (tertiary/aromatic N) is 4. The smallest absolute Gasteiger partial charge is 0.328 e. The molecule has 0 spiro atoms. The Morgan fingerprint density at radius 1 is 1.21 bits per heavy atom. The molecule has 3 aromatic rings. The first kappa shape index (κ1) is 19.5. The van der Waals surface area contributed by atoms with Crippen LogP contribution in [0.2, 0.25) is 0 Å². The second-order valence-corrected chi connectivity index (χ2v) is 6.97. The molecule has 8 nitrogen and oxygen atoms in total. The summed E-state index contributed by atoms with van der Waals surface area (Å²) in [6.45, 7) is 5.69. The van der Waals surface area contributed by atoms with Gasteiger partial charge in [-0.1, -0.05) is 37.3 Å². The summed E-state index contributed by atoms with van der Waals surface area (Å²) in [5.41, 5.74) is 2.21. The number of rotatable bonds is 6. The number of amides is 1. The zero-order valence-electron chi connectivity index (χ0n) is 16.3. The zero-order valence-corrected chi connectivity index (χ0v) is 16.3. The van der Waals surface area contributed by atoms with Crippen molar-refractivity contribution < 1.29 is 14.3 Å². The minimum atomic E-state index is -0.735. The van der Waals surface area contributed by atoms with E-state index in [1.54, 1.807) is 17.8 Å². The van der Waals surface area contributed by atoms with Crippen molar-refractivity contribution in [3.05, 3.63) is 47.9 Å². The van der Waals surface area contributed by atoms with Crippen LogP contribution in [0.1, 0.15) is 36.5 Å². The van der Waals surface area contributed by atoms with Crippen LogP contribution in [0.25, 0.3) is 16.6 Å². The molecule has 146 valence electrons. The molecule has 8 heteroatoms. The molecule has 2 heterocycles. The first-order valence-electron chi connectivity index (χ1n) is 9.07. The Morgan fingerprint density at radius 2 is 1.96 bits per heavy atom. The molecule has 1 unspecified atom stereocenters. The van der Waals surface area contributed by atoms with Gasteiger partial charge in [0.1, 0.15) is 6.04 Å². The molecule has 1 amide bonds. The van der Waals surface area contributed by atoms with Crippen LogP contribution in [0.5, 0.6) is 0 Å². The molecule has 1 aromatic carbocycles. The Bertz CT molecular complexity index is 1010. The van der Waals surface area contributed by atoms with Gasteiger partial charge in [0.2, 0.25) is 0 Å². The summed E-state index contributed by atoms with van der Waals surface area (Å²) < 4.78 is 6.38. The molecule has 3 rings (SSSR count). The van der Waals surface area contributed by atoms with E-state index in [4.69, 9.17) is 4.74 Å². The van der Waals surface area contributed by atoms with Crippen molar-refractivity contribution in [3.63, 3.8) is 0 Å². The van der Waals surface area contributed by atoms with Crippen LogP contribution in [-0.4, -0.2) is 45.0 Å². The lowest BCUT2D eigenvalue weighted by Crippen LogP contribution is -2.42. The minimum absolute atomic E-state index is 0.158. The van der Waals surface area contributed by atoms with E-state index < -0.39 is 17.9 Å². The van der Waals surface area contributed by atoms with Crippen molar-refractivity contribution in [1.29, 1.82) is 0 Å². The average Bonchev–Trinajstić information content (AvgIpc) is 3.07. The van der Waals surface area contributed by atoms with Crippen LogP contribution in [0, 0.1) is 12.8 Å². The molecule has 0 saturated carbocycles. The third-order valence-corrected chi connectivity index (χ3v) is 4.45. The lowest BCUT2D eigenvalue weighted by molar-refractivity contribution is -0.143. The van der Waals surface area contributed by atoms with E-state index in [2.05, 4.69) is 20.6 Å². The average molecular weight is 381 g/mol. The summed E-state index contributed by atoms with van der Waals surface area (Å²) in [5.74, 6) is -0.735. The minimum Gasteiger partial charge on any atom is -0.467 e. The molecule has 28 heavy (non-hydrogen) atoms. The van der Waals surface area contributed by atoms with E-state index in [0.29, 0.717) is 12.1 Å². The number of hydrogen-bond donors (Lipinski definition) is 1. The van der Waals surface area contributed by atoms with E-state index in [0.717, 1.165) is 16.6 Å². The number of esters is 1. The lowest BCUT2D eigenvalue weighted by atomic mass is 10.0. The summed E-state index contributed by atoms with van der Waals surface area (Å²) in [4.78, 5) is 29.1. The molecule has 0 saturated heterocycles. The summed E-state index contributed by atoms with van der Waals surface area (Å²) in [6, 6.07) is 8.81. The molecule has 2 aromatic heterocycles. The van der Waals surface area contributed by atoms with Gasteiger partial charge in [-0.05, 0) is 31.4 Å². The highest BCUT2D eigenvalue weighted by atomic mass is 16.5. The molecular weight excluding hydrogens is 358 g/mol. The third-order valence-electron chi connectivity index (χ3n) is 4.45. The monoisotopic (exact) mass is 381 g/mol. The van der Waals surface area contributed by atoms with Crippen molar-refractivity contribution in [3.8, 4) is 5.69 Å². The number of ether oxygens (including phenoxy) is 1. The van der Waals surface area contributed by atoms with Crippen molar-refractivity contribution in [2.75, 3.05) is 7.11 Å². The number of carbonyl (C=O) groups is 2. The first-order chi connectivity index (χ1) is 13.4. The van der Waals surface area contributed by atoms with Gasteiger partial charge in [0.25, 0.3) is 5.91 Å². The van der Waals surface area contributed by atoms with Gasteiger partial charge in [0.05, 0.1) is 24.0 Å². The molecule has 1 atom stereocenters. The Labute approximate surface area is 162 Å². The Balaban J connectivity index is 1.92. The predicted octanol–water partition coefficient (Wildman–Crippen LogP) is 2.44. The lowest BCUT2D eigenvalue weighted by Gasteiger charge is -2.17. The summed E-state index contributed by atoms with van der Waals surface area (Å²) in [6.07, 6.45) is 2.18. The number of fused-ring (bicyclic) bond motifs is 1. The highest BCUT2D eigenvalue weighted by molar-refractivity contribution is 5.96. The van der Waals surface area contributed by atoms with E-state index in [1.807, 2.05) is 44.2 Å². The van der Waals surface area contributed by atoms with Gasteiger partial charge in [-0.2, -0.15) is 0 Å². The largest absolute Gasteiger partial charge is 0.467 e. The maximum absolute atomic E-state index is 12.7. The van der Waals surface area contributed by atoms with E-state index in [1.165, 1.54) is 7.11 Å². The molecule has 0 radical (unpaired) electrons. The molecule has 0 aliphatic heterocycles. The number of hydrogen-bond acceptors (Lipinski definition) is 6. The molecule has 0 aliphatic rings. The van der Waals surface area contributed by atoms with Crippen LogP contribution in [0.15, 0.2) is 36.5 Å². The number of pyridine rings is 1. The van der Waals surface area contributed by atoms with Gasteiger partial charge >= 0.3 is 5.97 Å². The van der Waals surface area contributed by atoms with Gasteiger partial charge in [0, 0.05) is 11.6 Å². The van der Waals surface area contributed by atoms with Crippen molar-refractivity contribution in [1.82, 2.24) is 25.3 Å². The van der Waals surface area contributed by atoms with Crippen molar-refractivity contribution >= 4 is 22.8 Å². The fourth-order valence-corrected chi connectivity index (χ4v) is 3.08. The summed E-state index contributed by atoms with van der Waals surface area (Å²) in [5, 5.41) is 11.9. The molecule has 0 fully saturated rings. The molecule has 0 aliphatic carbocycles. The van der Waals surface area contributed by atoms with Crippen molar-refractivity contribution in [2.45, 2.75) is 33.2 Å². The highest BCUT2D eigenvalue weighted by Crippen LogP contribution is 2.21. The van der Waals surface area contributed by atoms with Crippen LogP contribution >= 0.6 is 0 Å². The second kappa shape index (κ2) is 8.16. The third kappa shape index (κ3) is 3.85. The van der Waals surface area contributed by atoms with Crippen LogP contribution in [0.3, 0.4) is 0 Å². The second-order valence-electron chi connectivity index (χ2n) is 6.97. The van der Waals surface area contributed by atoms with E-state index in [-0.39, 0.29) is 11.6 Å². The normalized spacial score (nSPS) is 12.2. The number of benzene rings is 1. The number of para-hydroxylation sites is 1. The molecule has 1 N–H and O–H groups in total. The number of carbonyl (C=O) groups excluding carboxylic acids is 2. The zero-order chi connectivity index (χ0) is 20.3. The van der Waals surface area contributed by atoms with E-state index in [9.17, 15) is 9.59 Å². The highest BCUT2D eigenvalue weighted by Gasteiger charge is 2.26. The first-order valence-corrected chi connectivity index (χ1v) is 9.07. The molecule has 0 bridgehead atoms. The standard InChI is InChI=1S/C20H23N5O3/c1-12(2)11-15(20(27)28-4)22-19(26)17-13(3)25(24-23-17)16-9-5-7-14-8-6-10-21-18(14)16/h5-10,12,15H,11H2,1-4H3,(H,22,26). The van der Waals surface area contributed by atoms with Gasteiger partial charge in [-0.15, -0.1) is 5.10 Å². The van der Waals surface area contributed by atoms with E-state index >= 15 is 0 Å². The van der Waals surface area contributed by atoms with Crippen LogP contribution in [-0.2, 0) is 9.53 Å². The Hall–Kier alpha value is -3.29. The van der Waals surface area contributed by atoms with Gasteiger partial charge in [-0.25, -0.2) is 9.48 Å². The summed E-state index contributed by atoms with van der Waals surface area (Å²) in [7, 11) is 1.30. The van der Waals surface area contributed by atoms with Gasteiger partial charge in [-0.3, -0.25) is 9.78 Å². The SMILES string of the molecule is COC(=O)C(CC(C)C)NC(=O)c1nnn(-c2cccc3cccnc23)c1C. The summed E-state index contributed by atoms with van der Waals surface area (Å²) >= 11 is 0. The number of nitrogens with one attached hydrogen (secondary N) is 1. The van der Waals surface area contributed by atoms with Crippen LogP contribution < -0.4 is 5.32 Å². The van der Waals surface area contributed by atoms with Gasteiger partial charge in [0.15, 0.2) is 5.69 Å². The maximum atomic E-state index is 12.7. The fourth-order valence-electron chi connectivity index (χ4n) is 3.08. The molecular formula is C20H23N5O3. The number of methoxy groups -OCH3 is 1. The number of aromatic nitrogens is 4. The predicted molar refractivity (Wildman–Crippen MR) is 104 cm³/mol. The van der Waals surface area contributed by atoms with Gasteiger partial charge < -0.3 is 10.1 Å². The Kier molecular flexibility index (Phi) is 5.67. The quantitative estimate of drug-likeness (QED) is 0.659. The fraction of sp³-hybridized carbons (Fsp3) is 0.350. The maximum Gasteiger partial charge on any atom is 0.328 e. The topological polar surface area (TPSA) is 99.0 Å². The Morgan fingerprint density at radius 3 is 2.68 bits per heavy atom.